The first kappa shape index (κ1) is 18.4. The van der Waals surface area contributed by atoms with Gasteiger partial charge < -0.3 is 0 Å². The molecule has 1 aliphatic carbocycles. The minimum Gasteiger partial charge on any atom is -0.296 e. The fourth-order valence-corrected chi connectivity index (χ4v) is 5.69. The second kappa shape index (κ2) is 7.45. The number of anilines is 1. The van der Waals surface area contributed by atoms with Crippen molar-refractivity contribution in [2.75, 3.05) is 17.2 Å². The van der Waals surface area contributed by atoms with Gasteiger partial charge in [0.25, 0.3) is 0 Å². The number of nitrogens with one attached hydrogen (secondary N) is 1. The predicted molar refractivity (Wildman–Crippen MR) is 96.8 cm³/mol. The Hall–Kier alpha value is -1.41. The van der Waals surface area contributed by atoms with E-state index >= 15 is 0 Å². The van der Waals surface area contributed by atoms with Crippen molar-refractivity contribution >= 4 is 21.7 Å². The summed E-state index contributed by atoms with van der Waals surface area (Å²) < 4.78 is 29.4. The SMILES string of the molecule is Cc1cc(N2CCC[C@H](NS(=O)(=O)CC3CCCCC3)C2=O)n(C)n1. The van der Waals surface area contributed by atoms with Crippen molar-refractivity contribution in [1.82, 2.24) is 14.5 Å². The minimum atomic E-state index is -3.44. The molecule has 1 aromatic rings. The molecule has 2 heterocycles. The summed E-state index contributed by atoms with van der Waals surface area (Å²) in [4.78, 5) is 14.5. The van der Waals surface area contributed by atoms with Crippen molar-refractivity contribution in [2.24, 2.45) is 13.0 Å². The van der Waals surface area contributed by atoms with Gasteiger partial charge >= 0.3 is 0 Å². The van der Waals surface area contributed by atoms with Gasteiger partial charge in [-0.2, -0.15) is 5.10 Å². The first-order valence-corrected chi connectivity index (χ1v) is 10.8. The summed E-state index contributed by atoms with van der Waals surface area (Å²) in [5.41, 5.74) is 0.838. The highest BCUT2D eigenvalue weighted by Gasteiger charge is 2.34. The van der Waals surface area contributed by atoms with E-state index in [2.05, 4.69) is 9.82 Å². The Morgan fingerprint density at radius 2 is 1.92 bits per heavy atom. The zero-order valence-corrected chi connectivity index (χ0v) is 15.9. The van der Waals surface area contributed by atoms with Gasteiger partial charge in [-0.1, -0.05) is 19.3 Å². The number of aromatic nitrogens is 2. The first-order chi connectivity index (χ1) is 11.9. The first-order valence-electron chi connectivity index (χ1n) is 9.18. The molecule has 0 bridgehead atoms. The van der Waals surface area contributed by atoms with Crippen LogP contribution in [0.15, 0.2) is 6.07 Å². The van der Waals surface area contributed by atoms with E-state index in [1.165, 1.54) is 6.42 Å². The van der Waals surface area contributed by atoms with Gasteiger partial charge in [0.2, 0.25) is 15.9 Å². The van der Waals surface area contributed by atoms with Crippen molar-refractivity contribution in [3.05, 3.63) is 11.8 Å². The molecule has 1 aliphatic heterocycles. The molecule has 25 heavy (non-hydrogen) atoms. The van der Waals surface area contributed by atoms with Gasteiger partial charge in [0.15, 0.2) is 0 Å². The van der Waals surface area contributed by atoms with Gasteiger partial charge in [-0.3, -0.25) is 14.4 Å². The molecule has 1 N–H and O–H groups in total. The Kier molecular flexibility index (Phi) is 5.48. The van der Waals surface area contributed by atoms with Crippen molar-refractivity contribution < 1.29 is 13.2 Å². The van der Waals surface area contributed by atoms with E-state index < -0.39 is 16.1 Å². The molecule has 0 radical (unpaired) electrons. The topological polar surface area (TPSA) is 84.3 Å². The highest BCUT2D eigenvalue weighted by Crippen LogP contribution is 2.26. The van der Waals surface area contributed by atoms with Gasteiger partial charge in [-0.05, 0) is 38.5 Å². The molecule has 3 rings (SSSR count). The molecule has 1 aromatic heterocycles. The summed E-state index contributed by atoms with van der Waals surface area (Å²) in [7, 11) is -1.65. The summed E-state index contributed by atoms with van der Waals surface area (Å²) in [6.07, 6.45) is 6.68. The third kappa shape index (κ3) is 4.41. The van der Waals surface area contributed by atoms with Crippen LogP contribution in [0.2, 0.25) is 0 Å². The van der Waals surface area contributed by atoms with Crippen LogP contribution in [-0.2, 0) is 21.9 Å². The van der Waals surface area contributed by atoms with Crippen LogP contribution < -0.4 is 9.62 Å². The van der Waals surface area contributed by atoms with Crippen LogP contribution in [0.1, 0.15) is 50.6 Å². The molecule has 0 aromatic carbocycles. The van der Waals surface area contributed by atoms with E-state index in [1.54, 1.807) is 16.6 Å². The van der Waals surface area contributed by atoms with Gasteiger partial charge in [0.05, 0.1) is 11.4 Å². The average Bonchev–Trinajstić information content (AvgIpc) is 2.88. The quantitative estimate of drug-likeness (QED) is 0.858. The number of carbonyl (C=O) groups excluding carboxylic acids is 1. The van der Waals surface area contributed by atoms with Crippen molar-refractivity contribution in [3.8, 4) is 0 Å². The Morgan fingerprint density at radius 3 is 2.56 bits per heavy atom. The molecule has 1 amide bonds. The van der Waals surface area contributed by atoms with Crippen molar-refractivity contribution in [1.29, 1.82) is 0 Å². The number of hydrogen-bond acceptors (Lipinski definition) is 4. The third-order valence-electron chi connectivity index (χ3n) is 5.19. The number of carbonyl (C=O) groups is 1. The molecule has 0 spiro atoms. The summed E-state index contributed by atoms with van der Waals surface area (Å²) in [6, 6.07) is 1.19. The lowest BCUT2D eigenvalue weighted by molar-refractivity contribution is -0.121. The van der Waals surface area contributed by atoms with E-state index in [9.17, 15) is 13.2 Å². The fourth-order valence-electron chi connectivity index (χ4n) is 3.99. The van der Waals surface area contributed by atoms with Crippen LogP contribution in [0, 0.1) is 12.8 Å². The Labute approximate surface area is 149 Å². The summed E-state index contributed by atoms with van der Waals surface area (Å²) in [6.45, 7) is 2.47. The minimum absolute atomic E-state index is 0.140. The molecule has 0 unspecified atom stereocenters. The standard InChI is InChI=1S/C17H28N4O3S/c1-13-11-16(20(2)18-13)21-10-6-9-15(17(21)22)19-25(23,24)12-14-7-4-3-5-8-14/h11,14-15,19H,3-10,12H2,1-2H3/t15-/m0/s1. The monoisotopic (exact) mass is 368 g/mol. The maximum Gasteiger partial charge on any atom is 0.246 e. The van der Waals surface area contributed by atoms with E-state index in [4.69, 9.17) is 0 Å². The van der Waals surface area contributed by atoms with E-state index in [0.29, 0.717) is 13.0 Å². The molecule has 140 valence electrons. The van der Waals surface area contributed by atoms with Crippen LogP contribution in [0.5, 0.6) is 0 Å². The molecule has 1 saturated carbocycles. The number of amides is 1. The van der Waals surface area contributed by atoms with Gasteiger partial charge in [-0.15, -0.1) is 0 Å². The zero-order chi connectivity index (χ0) is 18.0. The Balaban J connectivity index is 1.67. The summed E-state index contributed by atoms with van der Waals surface area (Å²) in [5.74, 6) is 0.905. The average molecular weight is 369 g/mol. The Bertz CT molecular complexity index is 722. The maximum atomic E-state index is 12.8. The molecular formula is C17H28N4O3S. The molecule has 8 heteroatoms. The fraction of sp³-hybridized carbons (Fsp3) is 0.765. The molecule has 2 fully saturated rings. The van der Waals surface area contributed by atoms with Gasteiger partial charge in [-0.25, -0.2) is 13.1 Å². The molecule has 1 atom stereocenters. The maximum absolute atomic E-state index is 12.8. The summed E-state index contributed by atoms with van der Waals surface area (Å²) in [5, 5.41) is 4.28. The highest BCUT2D eigenvalue weighted by atomic mass is 32.2. The number of nitrogens with zero attached hydrogens (tertiary/aromatic N) is 3. The lowest BCUT2D eigenvalue weighted by Gasteiger charge is -2.32. The van der Waals surface area contributed by atoms with Crippen LogP contribution in [0.3, 0.4) is 0 Å². The number of rotatable bonds is 5. The van der Waals surface area contributed by atoms with Crippen LogP contribution in [0.25, 0.3) is 0 Å². The summed E-state index contributed by atoms with van der Waals surface area (Å²) >= 11 is 0. The van der Waals surface area contributed by atoms with E-state index in [1.807, 2.05) is 13.0 Å². The normalized spacial score (nSPS) is 23.2. The number of hydrogen-bond donors (Lipinski definition) is 1. The second-order valence-corrected chi connectivity index (χ2v) is 9.15. The largest absolute Gasteiger partial charge is 0.296 e. The van der Waals surface area contributed by atoms with Crippen LogP contribution >= 0.6 is 0 Å². The smallest absolute Gasteiger partial charge is 0.246 e. The van der Waals surface area contributed by atoms with Crippen LogP contribution in [0.4, 0.5) is 5.82 Å². The van der Waals surface area contributed by atoms with Crippen molar-refractivity contribution in [2.45, 2.75) is 57.9 Å². The van der Waals surface area contributed by atoms with Crippen molar-refractivity contribution in [3.63, 3.8) is 0 Å². The molecule has 2 aliphatic rings. The third-order valence-corrected chi connectivity index (χ3v) is 6.75. The number of aryl methyl sites for hydroxylation is 2. The second-order valence-electron chi connectivity index (χ2n) is 7.36. The lowest BCUT2D eigenvalue weighted by atomic mass is 9.91. The Morgan fingerprint density at radius 1 is 1.20 bits per heavy atom. The number of piperidine rings is 1. The highest BCUT2D eigenvalue weighted by molar-refractivity contribution is 7.89. The molecule has 1 saturated heterocycles. The van der Waals surface area contributed by atoms with Gasteiger partial charge in [0, 0.05) is 19.7 Å². The zero-order valence-electron chi connectivity index (χ0n) is 15.1. The van der Waals surface area contributed by atoms with E-state index in [0.717, 1.165) is 43.6 Å². The molecule has 7 nitrogen and oxygen atoms in total. The molecular weight excluding hydrogens is 340 g/mol. The van der Waals surface area contributed by atoms with Crippen LogP contribution in [-0.4, -0.2) is 42.4 Å². The van der Waals surface area contributed by atoms with Gasteiger partial charge in [0.1, 0.15) is 11.9 Å². The van der Waals surface area contributed by atoms with E-state index in [-0.39, 0.29) is 17.6 Å². The lowest BCUT2D eigenvalue weighted by Crippen LogP contribution is -2.53. The number of sulfonamides is 1. The predicted octanol–water partition coefficient (Wildman–Crippen LogP) is 1.72.